The van der Waals surface area contributed by atoms with E-state index in [0.717, 1.165) is 19.3 Å². The van der Waals surface area contributed by atoms with Crippen LogP contribution in [0.4, 0.5) is 4.39 Å². The van der Waals surface area contributed by atoms with Gasteiger partial charge < -0.3 is 0 Å². The number of ketones is 1. The van der Waals surface area contributed by atoms with E-state index in [-0.39, 0.29) is 11.7 Å². The number of carbonyl (C=O) groups is 1. The van der Waals surface area contributed by atoms with Gasteiger partial charge >= 0.3 is 0 Å². The number of hydrogen-bond acceptors (Lipinski definition) is 1. The Balaban J connectivity index is 1.98. The van der Waals surface area contributed by atoms with Crippen LogP contribution in [0.3, 0.4) is 0 Å². The highest BCUT2D eigenvalue weighted by Crippen LogP contribution is 2.52. The normalized spacial score (nSPS) is 47.5. The van der Waals surface area contributed by atoms with Crippen molar-refractivity contribution in [3.05, 3.63) is 0 Å². The van der Waals surface area contributed by atoms with Gasteiger partial charge in [0.2, 0.25) is 0 Å². The fourth-order valence-electron chi connectivity index (χ4n) is 2.71. The van der Waals surface area contributed by atoms with Crippen LogP contribution in [0.2, 0.25) is 0 Å². The topological polar surface area (TPSA) is 17.1 Å². The Morgan fingerprint density at radius 3 is 2.57 bits per heavy atom. The van der Waals surface area contributed by atoms with Gasteiger partial charge in [0.15, 0.2) is 0 Å². The van der Waals surface area contributed by atoms with Crippen LogP contribution in [0.25, 0.3) is 0 Å². The van der Waals surface area contributed by atoms with Crippen LogP contribution >= 0.6 is 0 Å². The zero-order valence-electron chi connectivity index (χ0n) is 9.05. The molecular formula is C12H19FO. The van der Waals surface area contributed by atoms with Gasteiger partial charge in [-0.25, -0.2) is 4.39 Å². The van der Waals surface area contributed by atoms with Crippen molar-refractivity contribution in [1.29, 1.82) is 0 Å². The van der Waals surface area contributed by atoms with E-state index in [2.05, 4.69) is 6.92 Å². The van der Waals surface area contributed by atoms with E-state index in [1.165, 1.54) is 6.42 Å². The molecule has 0 radical (unpaired) electrons. The van der Waals surface area contributed by atoms with Gasteiger partial charge in [-0.1, -0.05) is 19.8 Å². The zero-order chi connectivity index (χ0) is 10.3. The first-order chi connectivity index (χ1) is 6.54. The highest BCUT2D eigenvalue weighted by molar-refractivity contribution is 5.90. The summed E-state index contributed by atoms with van der Waals surface area (Å²) >= 11 is 0. The van der Waals surface area contributed by atoms with Crippen LogP contribution in [0, 0.1) is 17.3 Å². The minimum absolute atomic E-state index is 0.157. The quantitative estimate of drug-likeness (QED) is 0.666. The molecule has 0 heterocycles. The van der Waals surface area contributed by atoms with Crippen molar-refractivity contribution in [2.75, 3.05) is 0 Å². The molecule has 2 aliphatic rings. The lowest BCUT2D eigenvalue weighted by molar-refractivity contribution is -0.129. The summed E-state index contributed by atoms with van der Waals surface area (Å²) in [4.78, 5) is 12.0. The summed E-state index contributed by atoms with van der Waals surface area (Å²) in [6.45, 7) is 3.99. The third kappa shape index (κ3) is 1.59. The maximum absolute atomic E-state index is 13.0. The first kappa shape index (κ1) is 10.1. The largest absolute Gasteiger partial charge is 0.299 e. The van der Waals surface area contributed by atoms with Crippen LogP contribution < -0.4 is 0 Å². The lowest BCUT2D eigenvalue weighted by atomic mass is 9.76. The van der Waals surface area contributed by atoms with Crippen LogP contribution in [-0.2, 0) is 4.79 Å². The molecule has 2 saturated carbocycles. The van der Waals surface area contributed by atoms with Gasteiger partial charge in [-0.05, 0) is 32.1 Å². The molecule has 0 amide bonds. The van der Waals surface area contributed by atoms with E-state index in [9.17, 15) is 9.18 Å². The highest BCUT2D eigenvalue weighted by Gasteiger charge is 2.58. The van der Waals surface area contributed by atoms with Crippen LogP contribution in [0.15, 0.2) is 0 Å². The lowest BCUT2D eigenvalue weighted by Crippen LogP contribution is -2.28. The Labute approximate surface area is 85.1 Å². The monoisotopic (exact) mass is 198 g/mol. The zero-order valence-corrected chi connectivity index (χ0v) is 9.05. The van der Waals surface area contributed by atoms with Gasteiger partial charge in [-0.3, -0.25) is 4.79 Å². The number of hydrogen-bond donors (Lipinski definition) is 0. The highest BCUT2D eigenvalue weighted by atomic mass is 19.1. The minimum atomic E-state index is -0.854. The average Bonchev–Trinajstić information content (AvgIpc) is 2.75. The predicted octanol–water partition coefficient (Wildman–Crippen LogP) is 3.13. The summed E-state index contributed by atoms with van der Waals surface area (Å²) in [5.74, 6) is 1.01. The molecule has 80 valence electrons. The molecule has 14 heavy (non-hydrogen) atoms. The standard InChI is InChI=1S/C12H19FO/c1-8-4-3-5-9(6-8)11(14)12(2)7-10(12)13/h8-10H,3-7H2,1-2H3. The van der Waals surface area contributed by atoms with E-state index in [1.807, 2.05) is 0 Å². The fourth-order valence-corrected chi connectivity index (χ4v) is 2.71. The number of rotatable bonds is 2. The summed E-state index contributed by atoms with van der Waals surface area (Å²) in [7, 11) is 0. The minimum Gasteiger partial charge on any atom is -0.299 e. The third-order valence-corrected chi connectivity index (χ3v) is 4.00. The summed E-state index contributed by atoms with van der Waals surface area (Å²) in [5, 5.41) is 0. The summed E-state index contributed by atoms with van der Waals surface area (Å²) in [6, 6.07) is 0. The van der Waals surface area contributed by atoms with Crippen molar-refractivity contribution < 1.29 is 9.18 Å². The molecule has 4 unspecified atom stereocenters. The molecule has 0 N–H and O–H groups in total. The molecule has 0 bridgehead atoms. The Hall–Kier alpha value is -0.400. The smallest absolute Gasteiger partial charge is 0.144 e. The predicted molar refractivity (Wildman–Crippen MR) is 53.7 cm³/mol. The SMILES string of the molecule is CC1CCCC(C(=O)C2(C)CC2F)C1. The molecule has 0 spiro atoms. The van der Waals surface area contributed by atoms with Gasteiger partial charge in [0.05, 0.1) is 5.41 Å². The number of halogens is 1. The van der Waals surface area contributed by atoms with Crippen LogP contribution in [0.5, 0.6) is 0 Å². The van der Waals surface area contributed by atoms with Gasteiger partial charge in [-0.2, -0.15) is 0 Å². The molecule has 2 aliphatic carbocycles. The molecule has 0 aromatic carbocycles. The van der Waals surface area contributed by atoms with E-state index in [0.29, 0.717) is 12.3 Å². The third-order valence-electron chi connectivity index (χ3n) is 4.00. The van der Waals surface area contributed by atoms with Crippen molar-refractivity contribution in [3.8, 4) is 0 Å². The summed E-state index contributed by atoms with van der Waals surface area (Å²) in [6.07, 6.45) is 3.97. The maximum atomic E-state index is 13.0. The molecule has 2 fully saturated rings. The second-order valence-corrected chi connectivity index (χ2v) is 5.42. The molecule has 2 heteroatoms. The molecular weight excluding hydrogens is 179 g/mol. The van der Waals surface area contributed by atoms with Crippen molar-refractivity contribution in [2.24, 2.45) is 17.3 Å². The molecule has 2 rings (SSSR count). The van der Waals surface area contributed by atoms with Crippen molar-refractivity contribution in [2.45, 2.75) is 52.1 Å². The second-order valence-electron chi connectivity index (χ2n) is 5.42. The molecule has 4 atom stereocenters. The molecule has 1 nitrogen and oxygen atoms in total. The molecule has 0 saturated heterocycles. The average molecular weight is 198 g/mol. The molecule has 0 aromatic rings. The van der Waals surface area contributed by atoms with Gasteiger partial charge in [-0.15, -0.1) is 0 Å². The number of Topliss-reactive ketones (excluding diaryl/α,β-unsaturated/α-hetero) is 1. The van der Waals surface area contributed by atoms with Gasteiger partial charge in [0.1, 0.15) is 12.0 Å². The Morgan fingerprint density at radius 1 is 1.43 bits per heavy atom. The Kier molecular flexibility index (Phi) is 2.40. The second kappa shape index (κ2) is 3.32. The first-order valence-electron chi connectivity index (χ1n) is 5.72. The Bertz CT molecular complexity index is 251. The molecule has 0 aromatic heterocycles. The van der Waals surface area contributed by atoms with Crippen LogP contribution in [0.1, 0.15) is 46.0 Å². The van der Waals surface area contributed by atoms with Gasteiger partial charge in [0, 0.05) is 5.92 Å². The van der Waals surface area contributed by atoms with Gasteiger partial charge in [0.25, 0.3) is 0 Å². The Morgan fingerprint density at radius 2 is 2.07 bits per heavy atom. The first-order valence-corrected chi connectivity index (χ1v) is 5.72. The maximum Gasteiger partial charge on any atom is 0.144 e. The summed E-state index contributed by atoms with van der Waals surface area (Å²) in [5.41, 5.74) is -0.596. The number of alkyl halides is 1. The van der Waals surface area contributed by atoms with E-state index < -0.39 is 11.6 Å². The molecule has 0 aliphatic heterocycles. The van der Waals surface area contributed by atoms with Crippen LogP contribution in [-0.4, -0.2) is 12.0 Å². The van der Waals surface area contributed by atoms with E-state index >= 15 is 0 Å². The van der Waals surface area contributed by atoms with Crippen molar-refractivity contribution >= 4 is 5.78 Å². The number of carbonyl (C=O) groups excluding carboxylic acids is 1. The van der Waals surface area contributed by atoms with E-state index in [4.69, 9.17) is 0 Å². The van der Waals surface area contributed by atoms with Crippen molar-refractivity contribution in [3.63, 3.8) is 0 Å². The van der Waals surface area contributed by atoms with E-state index in [1.54, 1.807) is 6.92 Å². The fraction of sp³-hybridized carbons (Fsp3) is 0.917. The van der Waals surface area contributed by atoms with Crippen molar-refractivity contribution in [1.82, 2.24) is 0 Å². The lowest BCUT2D eigenvalue weighted by Gasteiger charge is -2.27. The summed E-state index contributed by atoms with van der Waals surface area (Å²) < 4.78 is 13.0.